The van der Waals surface area contributed by atoms with E-state index < -0.39 is 11.7 Å². The predicted octanol–water partition coefficient (Wildman–Crippen LogP) is 3.56. The van der Waals surface area contributed by atoms with Gasteiger partial charge >= 0.3 is 6.18 Å². The molecule has 1 aromatic heterocycles. The van der Waals surface area contributed by atoms with E-state index in [0.29, 0.717) is 23.2 Å². The van der Waals surface area contributed by atoms with Crippen LogP contribution in [0.25, 0.3) is 10.9 Å². The molecular weight excluding hydrogens is 241 g/mol. The molecule has 0 aliphatic rings. The maximum absolute atomic E-state index is 13.1. The zero-order valence-corrected chi connectivity index (χ0v) is 10.5. The highest BCUT2D eigenvalue weighted by atomic mass is 19.4. The van der Waals surface area contributed by atoms with Crippen LogP contribution < -0.4 is 0 Å². The summed E-state index contributed by atoms with van der Waals surface area (Å²) in [6.07, 6.45) is -2.67. The van der Waals surface area contributed by atoms with Gasteiger partial charge in [-0.15, -0.1) is 0 Å². The first-order chi connectivity index (χ1) is 8.29. The maximum Gasteiger partial charge on any atom is 0.417 e. The number of hydrogen-bond acceptors (Lipinski definition) is 1. The lowest BCUT2D eigenvalue weighted by Gasteiger charge is -2.13. The number of nitrogens with zero attached hydrogens (tertiary/aromatic N) is 1. The van der Waals surface area contributed by atoms with Crippen molar-refractivity contribution >= 4 is 10.9 Å². The average molecular weight is 256 g/mol. The normalized spacial score (nSPS) is 12.6. The van der Waals surface area contributed by atoms with Crippen molar-refractivity contribution < 1.29 is 13.2 Å². The lowest BCUT2D eigenvalue weighted by Crippen LogP contribution is -2.12. The van der Waals surface area contributed by atoms with Crippen molar-refractivity contribution in [3.63, 3.8) is 0 Å². The van der Waals surface area contributed by atoms with E-state index in [2.05, 4.69) is 4.98 Å². The van der Waals surface area contributed by atoms with Crippen molar-refractivity contribution in [3.8, 4) is 0 Å². The van der Waals surface area contributed by atoms with Crippen molar-refractivity contribution in [1.82, 2.24) is 9.88 Å². The molecule has 0 aliphatic heterocycles. The van der Waals surface area contributed by atoms with E-state index in [1.807, 2.05) is 19.0 Å². The van der Waals surface area contributed by atoms with Gasteiger partial charge in [-0.3, -0.25) is 0 Å². The quantitative estimate of drug-likeness (QED) is 0.870. The number of aryl methyl sites for hydroxylation is 1. The van der Waals surface area contributed by atoms with Crippen LogP contribution in [0.15, 0.2) is 18.3 Å². The molecule has 0 spiro atoms. The van der Waals surface area contributed by atoms with Crippen LogP contribution in [0.2, 0.25) is 0 Å². The number of aromatic nitrogens is 1. The van der Waals surface area contributed by atoms with Gasteiger partial charge < -0.3 is 9.88 Å². The fraction of sp³-hybridized carbons (Fsp3) is 0.385. The molecule has 2 rings (SSSR count). The number of aromatic amines is 1. The van der Waals surface area contributed by atoms with Gasteiger partial charge in [0.25, 0.3) is 0 Å². The Morgan fingerprint density at radius 1 is 1.22 bits per heavy atom. The number of fused-ring (bicyclic) bond motifs is 1. The number of benzene rings is 1. The second-order valence-corrected chi connectivity index (χ2v) is 4.78. The first-order valence-corrected chi connectivity index (χ1v) is 5.61. The number of nitrogens with one attached hydrogen (secondary N) is 1. The van der Waals surface area contributed by atoms with E-state index in [-0.39, 0.29) is 5.39 Å². The van der Waals surface area contributed by atoms with E-state index in [4.69, 9.17) is 0 Å². The Hall–Kier alpha value is -1.49. The van der Waals surface area contributed by atoms with Gasteiger partial charge in [-0.05, 0) is 44.3 Å². The summed E-state index contributed by atoms with van der Waals surface area (Å²) in [6.45, 7) is 2.15. The minimum absolute atomic E-state index is 0.279. The Bertz CT molecular complexity index is 567. The van der Waals surface area contributed by atoms with Gasteiger partial charge in [-0.25, -0.2) is 0 Å². The molecule has 0 aliphatic carbocycles. The van der Waals surface area contributed by atoms with E-state index >= 15 is 0 Å². The van der Waals surface area contributed by atoms with Gasteiger partial charge in [0.15, 0.2) is 0 Å². The Kier molecular flexibility index (Phi) is 3.11. The lowest BCUT2D eigenvalue weighted by molar-refractivity contribution is -0.136. The summed E-state index contributed by atoms with van der Waals surface area (Å²) in [4.78, 5) is 4.77. The van der Waals surface area contributed by atoms with Crippen molar-refractivity contribution in [2.24, 2.45) is 0 Å². The van der Waals surface area contributed by atoms with Crippen LogP contribution in [0.4, 0.5) is 13.2 Å². The Morgan fingerprint density at radius 2 is 1.89 bits per heavy atom. The molecule has 1 heterocycles. The summed E-state index contributed by atoms with van der Waals surface area (Å²) in [5.74, 6) is 0. The topological polar surface area (TPSA) is 19.0 Å². The highest BCUT2D eigenvalue weighted by Gasteiger charge is 2.34. The third-order valence-electron chi connectivity index (χ3n) is 2.80. The van der Waals surface area contributed by atoms with Crippen LogP contribution in [0.3, 0.4) is 0 Å². The van der Waals surface area contributed by atoms with Gasteiger partial charge in [-0.1, -0.05) is 0 Å². The van der Waals surface area contributed by atoms with Gasteiger partial charge in [0.05, 0.1) is 5.56 Å². The molecule has 5 heteroatoms. The Morgan fingerprint density at radius 3 is 2.44 bits per heavy atom. The third kappa shape index (κ3) is 2.36. The number of H-pyrrole nitrogens is 1. The zero-order chi connectivity index (χ0) is 13.5. The SMILES string of the molecule is Cc1cc(C(F)(F)F)c2c(CN(C)C)c[nH]c2c1. The summed E-state index contributed by atoms with van der Waals surface area (Å²) >= 11 is 0. The predicted molar refractivity (Wildman–Crippen MR) is 65.4 cm³/mol. The largest absolute Gasteiger partial charge is 0.417 e. The van der Waals surface area contributed by atoms with E-state index in [9.17, 15) is 13.2 Å². The molecule has 0 saturated carbocycles. The van der Waals surface area contributed by atoms with E-state index in [1.165, 1.54) is 6.07 Å². The summed E-state index contributed by atoms with van der Waals surface area (Å²) in [5, 5.41) is 0.279. The van der Waals surface area contributed by atoms with Crippen LogP contribution in [0.5, 0.6) is 0 Å². The van der Waals surface area contributed by atoms with Crippen LogP contribution in [0.1, 0.15) is 16.7 Å². The zero-order valence-electron chi connectivity index (χ0n) is 10.5. The first kappa shape index (κ1) is 13.0. The number of halogens is 3. The molecule has 0 bridgehead atoms. The number of hydrogen-bond donors (Lipinski definition) is 1. The standard InChI is InChI=1S/C13H15F3N2/c1-8-4-10(13(14,15)16)12-9(7-18(2)3)6-17-11(12)5-8/h4-6,17H,7H2,1-3H3. The minimum Gasteiger partial charge on any atom is -0.361 e. The fourth-order valence-corrected chi connectivity index (χ4v) is 2.17. The highest BCUT2D eigenvalue weighted by Crippen LogP contribution is 2.37. The molecule has 98 valence electrons. The second kappa shape index (κ2) is 4.31. The molecule has 0 fully saturated rings. The molecule has 1 N–H and O–H groups in total. The molecule has 18 heavy (non-hydrogen) atoms. The second-order valence-electron chi connectivity index (χ2n) is 4.78. The maximum atomic E-state index is 13.1. The van der Waals surface area contributed by atoms with Crippen LogP contribution in [-0.2, 0) is 12.7 Å². The van der Waals surface area contributed by atoms with Crippen LogP contribution in [0, 0.1) is 6.92 Å². The van der Waals surface area contributed by atoms with Gasteiger partial charge in [-0.2, -0.15) is 13.2 Å². The van der Waals surface area contributed by atoms with Crippen molar-refractivity contribution in [1.29, 1.82) is 0 Å². The van der Waals surface area contributed by atoms with Crippen LogP contribution in [-0.4, -0.2) is 24.0 Å². The molecule has 2 aromatic rings. The van der Waals surface area contributed by atoms with Crippen molar-refractivity contribution in [3.05, 3.63) is 35.0 Å². The summed E-state index contributed by atoms with van der Waals surface area (Å²) in [6, 6.07) is 2.94. The molecule has 0 amide bonds. The number of rotatable bonds is 2. The molecule has 1 aromatic carbocycles. The third-order valence-corrected chi connectivity index (χ3v) is 2.80. The average Bonchev–Trinajstić information content (AvgIpc) is 2.57. The molecule has 0 atom stereocenters. The lowest BCUT2D eigenvalue weighted by atomic mass is 10.0. The van der Waals surface area contributed by atoms with E-state index in [1.54, 1.807) is 19.2 Å². The fourth-order valence-electron chi connectivity index (χ4n) is 2.17. The molecule has 0 saturated heterocycles. The Labute approximate surface area is 103 Å². The van der Waals surface area contributed by atoms with Crippen molar-refractivity contribution in [2.45, 2.75) is 19.6 Å². The van der Waals surface area contributed by atoms with Gasteiger partial charge in [0.2, 0.25) is 0 Å². The monoisotopic (exact) mass is 256 g/mol. The summed E-state index contributed by atoms with van der Waals surface area (Å²) < 4.78 is 39.2. The van der Waals surface area contributed by atoms with Crippen LogP contribution >= 0.6 is 0 Å². The number of alkyl halides is 3. The molecule has 2 nitrogen and oxygen atoms in total. The Balaban J connectivity index is 2.70. The first-order valence-electron chi connectivity index (χ1n) is 5.61. The van der Waals surface area contributed by atoms with E-state index in [0.717, 1.165) is 0 Å². The van der Waals surface area contributed by atoms with Gasteiger partial charge in [0, 0.05) is 23.6 Å². The molecular formula is C13H15F3N2. The highest BCUT2D eigenvalue weighted by molar-refractivity contribution is 5.87. The summed E-state index contributed by atoms with van der Waals surface area (Å²) in [7, 11) is 3.67. The van der Waals surface area contributed by atoms with Crippen molar-refractivity contribution in [2.75, 3.05) is 14.1 Å². The van der Waals surface area contributed by atoms with Gasteiger partial charge in [0.1, 0.15) is 0 Å². The molecule has 0 unspecified atom stereocenters. The smallest absolute Gasteiger partial charge is 0.361 e. The minimum atomic E-state index is -4.33. The summed E-state index contributed by atoms with van der Waals surface area (Å²) in [5.41, 5.74) is 1.25. The molecule has 0 radical (unpaired) electrons.